The molecule has 3 rings (SSSR count). The molecular formula is C13H11Br2NOS. The zero-order valence-corrected chi connectivity index (χ0v) is 13.4. The van der Waals surface area contributed by atoms with E-state index in [-0.39, 0.29) is 12.1 Å². The summed E-state index contributed by atoms with van der Waals surface area (Å²) in [5.74, 6) is 0.885. The van der Waals surface area contributed by atoms with Crippen LogP contribution >= 0.6 is 43.2 Å². The first-order valence-corrected chi connectivity index (χ1v) is 8.05. The summed E-state index contributed by atoms with van der Waals surface area (Å²) < 4.78 is 8.19. The van der Waals surface area contributed by atoms with Crippen molar-refractivity contribution in [2.75, 3.05) is 0 Å². The number of nitrogens with two attached hydrogens (primary N) is 1. The Balaban J connectivity index is 1.95. The molecule has 18 heavy (non-hydrogen) atoms. The third-order valence-corrected chi connectivity index (χ3v) is 5.09. The van der Waals surface area contributed by atoms with E-state index in [4.69, 9.17) is 10.5 Å². The molecule has 1 aromatic heterocycles. The van der Waals surface area contributed by atoms with Gasteiger partial charge in [-0.1, -0.05) is 22.0 Å². The number of fused-ring (bicyclic) bond motifs is 1. The average molecular weight is 389 g/mol. The molecule has 1 aromatic carbocycles. The maximum absolute atomic E-state index is 6.23. The number of benzene rings is 1. The second kappa shape index (κ2) is 4.96. The fraction of sp³-hybridized carbons (Fsp3) is 0.231. The molecule has 0 saturated carbocycles. The summed E-state index contributed by atoms with van der Waals surface area (Å²) in [5, 5.41) is 2.12. The molecule has 2 N–H and O–H groups in total. The average Bonchev–Trinajstić information content (AvgIpc) is 2.75. The van der Waals surface area contributed by atoms with Gasteiger partial charge in [0.25, 0.3) is 0 Å². The SMILES string of the molecule is N[C@@H]1CC(c2csc(Br)c2)Oc2cc(Br)ccc21. The molecule has 1 aliphatic rings. The van der Waals surface area contributed by atoms with Crippen LogP contribution in [0.4, 0.5) is 0 Å². The molecule has 0 saturated heterocycles. The van der Waals surface area contributed by atoms with Gasteiger partial charge in [0, 0.05) is 28.1 Å². The van der Waals surface area contributed by atoms with Crippen molar-refractivity contribution in [3.8, 4) is 5.75 Å². The van der Waals surface area contributed by atoms with E-state index in [1.165, 1.54) is 5.56 Å². The monoisotopic (exact) mass is 387 g/mol. The quantitative estimate of drug-likeness (QED) is 0.761. The molecule has 5 heteroatoms. The van der Waals surface area contributed by atoms with Gasteiger partial charge in [-0.2, -0.15) is 0 Å². The highest BCUT2D eigenvalue weighted by molar-refractivity contribution is 9.11. The lowest BCUT2D eigenvalue weighted by molar-refractivity contribution is 0.162. The van der Waals surface area contributed by atoms with Gasteiger partial charge in [-0.25, -0.2) is 0 Å². The van der Waals surface area contributed by atoms with Crippen molar-refractivity contribution < 1.29 is 4.74 Å². The summed E-state index contributed by atoms with van der Waals surface area (Å²) in [4.78, 5) is 0. The molecule has 2 heterocycles. The molecule has 0 bridgehead atoms. The summed E-state index contributed by atoms with van der Waals surface area (Å²) in [6.45, 7) is 0. The van der Waals surface area contributed by atoms with Gasteiger partial charge < -0.3 is 10.5 Å². The maximum Gasteiger partial charge on any atom is 0.126 e. The molecular weight excluding hydrogens is 378 g/mol. The number of halogens is 2. The number of thiophene rings is 1. The van der Waals surface area contributed by atoms with Gasteiger partial charge >= 0.3 is 0 Å². The molecule has 94 valence electrons. The standard InChI is InChI=1S/C13H11Br2NOS/c14-8-1-2-9-10(16)5-11(17-12(9)4-8)7-3-13(15)18-6-7/h1-4,6,10-11H,5,16H2/t10-,11?/m1/s1. The first-order valence-electron chi connectivity index (χ1n) is 5.59. The predicted molar refractivity (Wildman–Crippen MR) is 81.1 cm³/mol. The minimum absolute atomic E-state index is 0.0329. The fourth-order valence-electron chi connectivity index (χ4n) is 2.17. The summed E-state index contributed by atoms with van der Waals surface area (Å²) >= 11 is 8.62. The first kappa shape index (κ1) is 12.7. The Hall–Kier alpha value is -0.360. The zero-order chi connectivity index (χ0) is 12.7. The van der Waals surface area contributed by atoms with E-state index in [1.54, 1.807) is 11.3 Å². The largest absolute Gasteiger partial charge is 0.485 e. The van der Waals surface area contributed by atoms with Crippen LogP contribution in [0.5, 0.6) is 5.75 Å². The maximum atomic E-state index is 6.23. The molecule has 0 fully saturated rings. The van der Waals surface area contributed by atoms with E-state index in [0.29, 0.717) is 0 Å². The molecule has 0 amide bonds. The summed E-state index contributed by atoms with van der Waals surface area (Å²) in [5.41, 5.74) is 8.50. The molecule has 0 radical (unpaired) electrons. The van der Waals surface area contributed by atoms with Crippen LogP contribution in [0.25, 0.3) is 0 Å². The topological polar surface area (TPSA) is 35.2 Å². The van der Waals surface area contributed by atoms with E-state index in [2.05, 4.69) is 43.3 Å². The Morgan fingerprint density at radius 3 is 2.83 bits per heavy atom. The zero-order valence-electron chi connectivity index (χ0n) is 9.40. The van der Waals surface area contributed by atoms with E-state index < -0.39 is 0 Å². The molecule has 2 atom stereocenters. The summed E-state index contributed by atoms with van der Waals surface area (Å²) in [6, 6.07) is 8.16. The van der Waals surface area contributed by atoms with Gasteiger partial charge in [0.1, 0.15) is 11.9 Å². The lowest BCUT2D eigenvalue weighted by atomic mass is 9.95. The van der Waals surface area contributed by atoms with Crippen LogP contribution in [0.2, 0.25) is 0 Å². The third kappa shape index (κ3) is 2.37. The summed E-state index contributed by atoms with van der Waals surface area (Å²) in [7, 11) is 0. The Morgan fingerprint density at radius 2 is 2.11 bits per heavy atom. The van der Waals surface area contributed by atoms with E-state index in [0.717, 1.165) is 26.0 Å². The van der Waals surface area contributed by atoms with Crippen molar-refractivity contribution in [3.63, 3.8) is 0 Å². The Kier molecular flexibility index (Phi) is 3.49. The van der Waals surface area contributed by atoms with Gasteiger partial charge in [-0.05, 0) is 39.5 Å². The predicted octanol–water partition coefficient (Wildman–Crippen LogP) is 4.80. The number of hydrogen-bond donors (Lipinski definition) is 1. The Bertz CT molecular complexity index is 584. The van der Waals surface area contributed by atoms with Crippen molar-refractivity contribution in [3.05, 3.63) is 49.0 Å². The minimum atomic E-state index is 0.0329. The van der Waals surface area contributed by atoms with Gasteiger partial charge in [0.15, 0.2) is 0 Å². The highest BCUT2D eigenvalue weighted by Gasteiger charge is 2.27. The number of hydrogen-bond acceptors (Lipinski definition) is 3. The van der Waals surface area contributed by atoms with Crippen LogP contribution in [0.3, 0.4) is 0 Å². The van der Waals surface area contributed by atoms with Gasteiger partial charge in [0.05, 0.1) is 3.79 Å². The van der Waals surface area contributed by atoms with Crippen molar-refractivity contribution >= 4 is 43.2 Å². The van der Waals surface area contributed by atoms with Crippen molar-refractivity contribution in [2.45, 2.75) is 18.6 Å². The minimum Gasteiger partial charge on any atom is -0.485 e. The van der Waals surface area contributed by atoms with Crippen molar-refractivity contribution in [1.29, 1.82) is 0 Å². The highest BCUT2D eigenvalue weighted by atomic mass is 79.9. The Labute approximate surface area is 126 Å². The van der Waals surface area contributed by atoms with E-state index in [9.17, 15) is 0 Å². The Morgan fingerprint density at radius 1 is 1.28 bits per heavy atom. The van der Waals surface area contributed by atoms with E-state index in [1.807, 2.05) is 18.2 Å². The first-order chi connectivity index (χ1) is 8.63. The van der Waals surface area contributed by atoms with Gasteiger partial charge in [-0.15, -0.1) is 11.3 Å². The lowest BCUT2D eigenvalue weighted by Gasteiger charge is -2.30. The number of rotatable bonds is 1. The van der Waals surface area contributed by atoms with E-state index >= 15 is 0 Å². The van der Waals surface area contributed by atoms with Crippen LogP contribution in [0, 0.1) is 0 Å². The second-order valence-electron chi connectivity index (χ2n) is 4.31. The summed E-state index contributed by atoms with van der Waals surface area (Å²) in [6.07, 6.45) is 0.863. The smallest absolute Gasteiger partial charge is 0.126 e. The third-order valence-electron chi connectivity index (χ3n) is 3.07. The molecule has 2 nitrogen and oxygen atoms in total. The highest BCUT2D eigenvalue weighted by Crippen LogP contribution is 2.42. The van der Waals surface area contributed by atoms with Crippen LogP contribution in [-0.2, 0) is 0 Å². The van der Waals surface area contributed by atoms with Crippen molar-refractivity contribution in [2.24, 2.45) is 5.73 Å². The van der Waals surface area contributed by atoms with Crippen LogP contribution in [0.15, 0.2) is 37.9 Å². The van der Waals surface area contributed by atoms with Gasteiger partial charge in [0.2, 0.25) is 0 Å². The molecule has 1 unspecified atom stereocenters. The lowest BCUT2D eigenvalue weighted by Crippen LogP contribution is -2.23. The molecule has 0 aliphatic carbocycles. The fourth-order valence-corrected chi connectivity index (χ4v) is 3.73. The van der Waals surface area contributed by atoms with Crippen LogP contribution in [-0.4, -0.2) is 0 Å². The second-order valence-corrected chi connectivity index (χ2v) is 7.52. The van der Waals surface area contributed by atoms with Gasteiger partial charge in [-0.3, -0.25) is 0 Å². The molecule has 0 spiro atoms. The number of ether oxygens (including phenoxy) is 1. The molecule has 2 aromatic rings. The van der Waals surface area contributed by atoms with Crippen LogP contribution in [0.1, 0.15) is 29.7 Å². The van der Waals surface area contributed by atoms with Crippen molar-refractivity contribution in [1.82, 2.24) is 0 Å². The van der Waals surface area contributed by atoms with Crippen LogP contribution < -0.4 is 10.5 Å². The molecule has 1 aliphatic heterocycles. The normalized spacial score (nSPS) is 22.4.